The number of anilines is 1. The lowest BCUT2D eigenvalue weighted by Gasteiger charge is -2.34. The topological polar surface area (TPSA) is 63.4 Å². The summed E-state index contributed by atoms with van der Waals surface area (Å²) in [5.41, 5.74) is 3.17. The minimum absolute atomic E-state index is 0.110. The zero-order valence-corrected chi connectivity index (χ0v) is 18.1. The highest BCUT2D eigenvalue weighted by Gasteiger charge is 2.58. The second kappa shape index (κ2) is 7.78. The van der Waals surface area contributed by atoms with E-state index in [4.69, 9.17) is 0 Å². The normalized spacial score (nSPS) is 23.8. The molecule has 0 bridgehead atoms. The van der Waals surface area contributed by atoms with Gasteiger partial charge in [-0.05, 0) is 29.3 Å². The Morgan fingerprint density at radius 1 is 0.935 bits per heavy atom. The molecule has 154 valence electrons. The van der Waals surface area contributed by atoms with Crippen LogP contribution in [0.15, 0.2) is 89.4 Å². The van der Waals surface area contributed by atoms with Gasteiger partial charge in [0.2, 0.25) is 6.04 Å². The van der Waals surface area contributed by atoms with Crippen LogP contribution < -0.4 is 4.90 Å². The third-order valence-electron chi connectivity index (χ3n) is 6.19. The first kappa shape index (κ1) is 19.7. The predicted octanol–water partition coefficient (Wildman–Crippen LogP) is 5.35. The number of nitro groups is 1. The monoisotopic (exact) mass is 474 g/mol. The number of hydrogen-bond donors (Lipinski definition) is 0. The van der Waals surface area contributed by atoms with E-state index in [9.17, 15) is 14.9 Å². The summed E-state index contributed by atoms with van der Waals surface area (Å²) < 4.78 is 0.877. The van der Waals surface area contributed by atoms with Gasteiger partial charge in [0, 0.05) is 20.6 Å². The third-order valence-corrected chi connectivity index (χ3v) is 6.72. The van der Waals surface area contributed by atoms with E-state index in [0.717, 1.165) is 21.3 Å². The smallest absolute Gasteiger partial charge is 0.245 e. The van der Waals surface area contributed by atoms with Gasteiger partial charge in [0.1, 0.15) is 12.1 Å². The highest BCUT2D eigenvalue weighted by molar-refractivity contribution is 9.10. The van der Waals surface area contributed by atoms with Gasteiger partial charge in [-0.15, -0.1) is 0 Å². The largest absolute Gasteiger partial charge is 0.346 e. The zero-order chi connectivity index (χ0) is 21.5. The van der Waals surface area contributed by atoms with Crippen LogP contribution in [0.5, 0.6) is 0 Å². The molecule has 31 heavy (non-hydrogen) atoms. The summed E-state index contributed by atoms with van der Waals surface area (Å²) in [5, 5.41) is 12.3. The van der Waals surface area contributed by atoms with Crippen molar-refractivity contribution < 1.29 is 9.72 Å². The molecule has 0 spiro atoms. The Bertz CT molecular complexity index is 1180. The fourth-order valence-electron chi connectivity index (χ4n) is 4.89. The highest BCUT2D eigenvalue weighted by atomic mass is 79.9. The van der Waals surface area contributed by atoms with Gasteiger partial charge in [0.15, 0.2) is 5.78 Å². The average molecular weight is 475 g/mol. The van der Waals surface area contributed by atoms with Gasteiger partial charge in [-0.1, -0.05) is 88.7 Å². The first-order valence-electron chi connectivity index (χ1n) is 10.1. The van der Waals surface area contributed by atoms with Gasteiger partial charge >= 0.3 is 0 Å². The molecule has 0 aliphatic carbocycles. The Morgan fingerprint density at radius 2 is 1.61 bits per heavy atom. The number of halogens is 1. The lowest BCUT2D eigenvalue weighted by atomic mass is 9.84. The molecule has 6 heteroatoms. The minimum atomic E-state index is -0.934. The standard InChI is InChI=1S/C25H19BrN2O3/c26-19-13-10-18(11-14-19)25(29)24-22(17-7-2-1-3-8-17)23(28(30)31)21-15-12-16-6-4-5-9-20(16)27(21)24/h1-15,21-24H/t21-,22-,23-,24+/m0/s1. The minimum Gasteiger partial charge on any atom is -0.346 e. The number of Topliss-reactive ketones (excluding diaryl/α,β-unsaturated/α-hetero) is 1. The van der Waals surface area contributed by atoms with Crippen LogP contribution in [0.4, 0.5) is 5.69 Å². The predicted molar refractivity (Wildman–Crippen MR) is 124 cm³/mol. The number of fused-ring (bicyclic) bond motifs is 3. The van der Waals surface area contributed by atoms with Gasteiger partial charge in [0.05, 0.1) is 5.92 Å². The van der Waals surface area contributed by atoms with Crippen molar-refractivity contribution in [2.24, 2.45) is 0 Å². The second-order valence-electron chi connectivity index (χ2n) is 7.84. The van der Waals surface area contributed by atoms with Gasteiger partial charge in [-0.3, -0.25) is 14.9 Å². The zero-order valence-electron chi connectivity index (χ0n) is 16.5. The van der Waals surface area contributed by atoms with E-state index in [1.807, 2.05) is 83.8 Å². The van der Waals surface area contributed by atoms with Crippen LogP contribution in [0, 0.1) is 10.1 Å². The summed E-state index contributed by atoms with van der Waals surface area (Å²) in [6, 6.07) is 22.2. The molecule has 5 rings (SSSR count). The number of hydrogen-bond acceptors (Lipinski definition) is 4. The molecule has 5 nitrogen and oxygen atoms in total. The summed E-state index contributed by atoms with van der Waals surface area (Å²) in [4.78, 5) is 27.9. The number of para-hydroxylation sites is 1. The van der Waals surface area contributed by atoms with Crippen LogP contribution in [-0.2, 0) is 0 Å². The Kier molecular flexibility index (Phi) is 4.94. The van der Waals surface area contributed by atoms with E-state index in [1.165, 1.54) is 0 Å². The van der Waals surface area contributed by atoms with Crippen molar-refractivity contribution >= 4 is 33.5 Å². The maximum absolute atomic E-state index is 13.9. The van der Waals surface area contributed by atoms with Crippen LogP contribution in [0.3, 0.4) is 0 Å². The summed E-state index contributed by atoms with van der Waals surface area (Å²) in [5.74, 6) is -0.686. The van der Waals surface area contributed by atoms with Crippen molar-refractivity contribution in [2.75, 3.05) is 4.90 Å². The second-order valence-corrected chi connectivity index (χ2v) is 8.76. The quantitative estimate of drug-likeness (QED) is 0.290. The van der Waals surface area contributed by atoms with Crippen molar-refractivity contribution in [3.05, 3.63) is 116 Å². The Hall–Kier alpha value is -3.25. The number of carbonyl (C=O) groups excluding carboxylic acids is 1. The molecule has 0 aromatic heterocycles. The molecule has 0 radical (unpaired) electrons. The summed E-state index contributed by atoms with van der Waals surface area (Å²) in [7, 11) is 0. The Morgan fingerprint density at radius 3 is 2.32 bits per heavy atom. The lowest BCUT2D eigenvalue weighted by molar-refractivity contribution is -0.524. The van der Waals surface area contributed by atoms with Crippen molar-refractivity contribution in [3.8, 4) is 0 Å². The highest BCUT2D eigenvalue weighted by Crippen LogP contribution is 2.46. The molecular weight excluding hydrogens is 456 g/mol. The van der Waals surface area contributed by atoms with Gasteiger partial charge in [-0.25, -0.2) is 0 Å². The van der Waals surface area contributed by atoms with Crippen LogP contribution in [0.25, 0.3) is 6.08 Å². The van der Waals surface area contributed by atoms with E-state index >= 15 is 0 Å². The van der Waals surface area contributed by atoms with E-state index in [2.05, 4.69) is 15.9 Å². The number of ketones is 1. The Labute approximate surface area is 188 Å². The maximum atomic E-state index is 13.9. The van der Waals surface area contributed by atoms with Crippen LogP contribution >= 0.6 is 15.9 Å². The molecule has 1 saturated heterocycles. The molecule has 2 aliphatic heterocycles. The first-order chi connectivity index (χ1) is 15.1. The first-order valence-corrected chi connectivity index (χ1v) is 10.9. The molecule has 4 atom stereocenters. The SMILES string of the molecule is O=C(c1ccc(Br)cc1)[C@H]1[C@@H](c2ccccc2)[C@@H]([N+](=O)[O-])[C@@H]2C=Cc3ccccc3N21. The molecule has 2 heterocycles. The van der Waals surface area contributed by atoms with Crippen LogP contribution in [-0.4, -0.2) is 28.8 Å². The molecule has 0 saturated carbocycles. The van der Waals surface area contributed by atoms with Gasteiger partial charge in [-0.2, -0.15) is 0 Å². The number of rotatable bonds is 4. The molecule has 3 aromatic rings. The van der Waals surface area contributed by atoms with Gasteiger partial charge in [0.25, 0.3) is 0 Å². The Balaban J connectivity index is 1.72. The van der Waals surface area contributed by atoms with E-state index in [1.54, 1.807) is 12.1 Å². The molecule has 2 aliphatic rings. The summed E-state index contributed by atoms with van der Waals surface area (Å²) in [6.07, 6.45) is 3.81. The van der Waals surface area contributed by atoms with Crippen molar-refractivity contribution in [3.63, 3.8) is 0 Å². The molecule has 1 fully saturated rings. The number of nitrogens with zero attached hydrogens (tertiary/aromatic N) is 2. The van der Waals surface area contributed by atoms with Crippen LogP contribution in [0.1, 0.15) is 27.4 Å². The third kappa shape index (κ3) is 3.27. The van der Waals surface area contributed by atoms with E-state index < -0.39 is 24.0 Å². The van der Waals surface area contributed by atoms with Crippen LogP contribution in [0.2, 0.25) is 0 Å². The maximum Gasteiger partial charge on any atom is 0.245 e. The fraction of sp³-hybridized carbons (Fsp3) is 0.160. The lowest BCUT2D eigenvalue weighted by Crippen LogP contribution is -2.44. The molecule has 0 unspecified atom stereocenters. The molecule has 0 N–H and O–H groups in total. The average Bonchev–Trinajstić information content (AvgIpc) is 3.15. The summed E-state index contributed by atoms with van der Waals surface area (Å²) >= 11 is 3.41. The van der Waals surface area contributed by atoms with Crippen molar-refractivity contribution in [1.29, 1.82) is 0 Å². The van der Waals surface area contributed by atoms with E-state index in [0.29, 0.717) is 5.56 Å². The number of carbonyl (C=O) groups is 1. The molecule has 0 amide bonds. The van der Waals surface area contributed by atoms with Crippen molar-refractivity contribution in [2.45, 2.75) is 24.0 Å². The molecule has 3 aromatic carbocycles. The van der Waals surface area contributed by atoms with E-state index in [-0.39, 0.29) is 10.7 Å². The van der Waals surface area contributed by atoms with Crippen molar-refractivity contribution in [1.82, 2.24) is 0 Å². The summed E-state index contributed by atoms with van der Waals surface area (Å²) in [6.45, 7) is 0. The number of benzene rings is 3. The molecular formula is C25H19BrN2O3. The fourth-order valence-corrected chi connectivity index (χ4v) is 5.15. The van der Waals surface area contributed by atoms with Gasteiger partial charge < -0.3 is 4.90 Å².